The van der Waals surface area contributed by atoms with Crippen LogP contribution in [0.5, 0.6) is 5.75 Å². The van der Waals surface area contributed by atoms with Gasteiger partial charge in [0.15, 0.2) is 0 Å². The first-order chi connectivity index (χ1) is 10.0. The molecule has 2 rings (SSSR count). The summed E-state index contributed by atoms with van der Waals surface area (Å²) in [6, 6.07) is 2.09. The molecule has 2 unspecified atom stereocenters. The minimum Gasteiger partial charge on any atom is -0.490 e. The quantitative estimate of drug-likeness (QED) is 0.856. The molecule has 0 bridgehead atoms. The average Bonchev–Trinajstić information content (AvgIpc) is 2.41. The number of hydrogen-bond acceptors (Lipinski definition) is 3. The Labute approximate surface area is 129 Å². The molecular weight excluding hydrogens is 260 g/mol. The zero-order valence-electron chi connectivity index (χ0n) is 14.0. The van der Waals surface area contributed by atoms with Crippen molar-refractivity contribution < 1.29 is 4.74 Å². The molecule has 1 aromatic rings. The van der Waals surface area contributed by atoms with Crippen molar-refractivity contribution >= 4 is 0 Å². The van der Waals surface area contributed by atoms with Crippen LogP contribution in [0.2, 0.25) is 0 Å². The highest BCUT2D eigenvalue weighted by molar-refractivity contribution is 5.33. The average molecular weight is 290 g/mol. The molecule has 3 heteroatoms. The predicted octanol–water partition coefficient (Wildman–Crippen LogP) is 4.09. The van der Waals surface area contributed by atoms with E-state index < -0.39 is 0 Å². The minimum absolute atomic E-state index is 0.374. The van der Waals surface area contributed by atoms with Gasteiger partial charge in [-0.3, -0.25) is 4.98 Å². The topological polar surface area (TPSA) is 34.1 Å². The van der Waals surface area contributed by atoms with Gasteiger partial charge in [0, 0.05) is 30.1 Å². The van der Waals surface area contributed by atoms with Crippen molar-refractivity contribution in [2.24, 2.45) is 11.8 Å². The van der Waals surface area contributed by atoms with Gasteiger partial charge in [0.05, 0.1) is 6.10 Å². The number of aryl methyl sites for hydroxylation is 1. The summed E-state index contributed by atoms with van der Waals surface area (Å²) < 4.78 is 6.32. The normalized spacial score (nSPS) is 22.5. The summed E-state index contributed by atoms with van der Waals surface area (Å²) in [5, 5.41) is 3.49. The Hall–Kier alpha value is -1.09. The van der Waals surface area contributed by atoms with Crippen LogP contribution in [0.4, 0.5) is 0 Å². The lowest BCUT2D eigenvalue weighted by Gasteiger charge is -2.28. The first-order valence-corrected chi connectivity index (χ1v) is 8.37. The Morgan fingerprint density at radius 3 is 2.90 bits per heavy atom. The molecule has 2 atom stereocenters. The van der Waals surface area contributed by atoms with Gasteiger partial charge < -0.3 is 10.1 Å². The van der Waals surface area contributed by atoms with E-state index in [-0.39, 0.29) is 0 Å². The summed E-state index contributed by atoms with van der Waals surface area (Å²) in [4.78, 5) is 4.43. The number of pyridine rings is 1. The molecule has 0 spiro atoms. The van der Waals surface area contributed by atoms with E-state index in [1.165, 1.54) is 31.2 Å². The van der Waals surface area contributed by atoms with Gasteiger partial charge in [0.1, 0.15) is 5.75 Å². The zero-order chi connectivity index (χ0) is 15.2. The van der Waals surface area contributed by atoms with Crippen molar-refractivity contribution in [2.45, 2.75) is 66.0 Å². The van der Waals surface area contributed by atoms with Crippen molar-refractivity contribution in [2.75, 3.05) is 6.54 Å². The molecule has 1 saturated carbocycles. The van der Waals surface area contributed by atoms with Crippen molar-refractivity contribution in [1.29, 1.82) is 0 Å². The van der Waals surface area contributed by atoms with E-state index in [1.807, 2.05) is 13.1 Å². The second-order valence-electron chi connectivity index (χ2n) is 6.97. The molecule has 0 radical (unpaired) electrons. The molecular formula is C18H30N2O. The second-order valence-corrected chi connectivity index (χ2v) is 6.97. The molecule has 1 aromatic heterocycles. The first-order valence-electron chi connectivity index (χ1n) is 8.37. The summed E-state index contributed by atoms with van der Waals surface area (Å²) in [6.07, 6.45) is 7.34. The third-order valence-corrected chi connectivity index (χ3v) is 4.13. The maximum absolute atomic E-state index is 6.32. The highest BCUT2D eigenvalue weighted by Crippen LogP contribution is 2.29. The third-order valence-electron chi connectivity index (χ3n) is 4.13. The SMILES string of the molecule is Cc1cc(OC2CCCC(C)C2)c(CNCC(C)C)cn1. The van der Waals surface area contributed by atoms with E-state index in [0.29, 0.717) is 12.0 Å². The largest absolute Gasteiger partial charge is 0.490 e. The molecule has 0 amide bonds. The van der Waals surface area contributed by atoms with Gasteiger partial charge in [-0.15, -0.1) is 0 Å². The van der Waals surface area contributed by atoms with E-state index in [9.17, 15) is 0 Å². The maximum Gasteiger partial charge on any atom is 0.127 e. The predicted molar refractivity (Wildman–Crippen MR) is 87.6 cm³/mol. The van der Waals surface area contributed by atoms with E-state index in [0.717, 1.165) is 30.5 Å². The number of aromatic nitrogens is 1. The zero-order valence-corrected chi connectivity index (χ0v) is 14.0. The van der Waals surface area contributed by atoms with E-state index in [1.54, 1.807) is 0 Å². The van der Waals surface area contributed by atoms with Crippen LogP contribution in [0.15, 0.2) is 12.3 Å². The fourth-order valence-electron chi connectivity index (χ4n) is 2.97. The molecule has 0 aliphatic heterocycles. The summed E-state index contributed by atoms with van der Waals surface area (Å²) in [6.45, 7) is 10.7. The van der Waals surface area contributed by atoms with Gasteiger partial charge >= 0.3 is 0 Å². The smallest absolute Gasteiger partial charge is 0.127 e. The van der Waals surface area contributed by atoms with Gasteiger partial charge in [0.2, 0.25) is 0 Å². The number of rotatable bonds is 6. The summed E-state index contributed by atoms with van der Waals surface area (Å²) in [5.74, 6) is 2.47. The standard InChI is InChI=1S/C18H30N2O/c1-13(2)10-19-11-16-12-20-15(4)9-18(16)21-17-7-5-6-14(3)8-17/h9,12-14,17,19H,5-8,10-11H2,1-4H3. The molecule has 1 fully saturated rings. The summed E-state index contributed by atoms with van der Waals surface area (Å²) in [5.41, 5.74) is 2.21. The Morgan fingerprint density at radius 1 is 1.38 bits per heavy atom. The molecule has 1 N–H and O–H groups in total. The van der Waals surface area contributed by atoms with Gasteiger partial charge in [0.25, 0.3) is 0 Å². The number of nitrogens with one attached hydrogen (secondary N) is 1. The lowest BCUT2D eigenvalue weighted by atomic mass is 9.88. The van der Waals surface area contributed by atoms with Crippen molar-refractivity contribution in [3.8, 4) is 5.75 Å². The Morgan fingerprint density at radius 2 is 2.19 bits per heavy atom. The van der Waals surface area contributed by atoms with Crippen LogP contribution in [0.1, 0.15) is 57.7 Å². The van der Waals surface area contributed by atoms with Crippen LogP contribution in [0, 0.1) is 18.8 Å². The van der Waals surface area contributed by atoms with Crippen LogP contribution in [-0.2, 0) is 6.54 Å². The van der Waals surface area contributed by atoms with Gasteiger partial charge in [-0.25, -0.2) is 0 Å². The molecule has 118 valence electrons. The molecule has 21 heavy (non-hydrogen) atoms. The van der Waals surface area contributed by atoms with Gasteiger partial charge in [-0.2, -0.15) is 0 Å². The maximum atomic E-state index is 6.32. The highest BCUT2D eigenvalue weighted by atomic mass is 16.5. The van der Waals surface area contributed by atoms with E-state index in [2.05, 4.69) is 37.1 Å². The number of nitrogens with zero attached hydrogens (tertiary/aromatic N) is 1. The van der Waals surface area contributed by atoms with E-state index in [4.69, 9.17) is 4.74 Å². The first kappa shape index (κ1) is 16.3. The van der Waals surface area contributed by atoms with Crippen molar-refractivity contribution in [1.82, 2.24) is 10.3 Å². The lowest BCUT2D eigenvalue weighted by Crippen LogP contribution is -2.25. The van der Waals surface area contributed by atoms with Crippen LogP contribution in [-0.4, -0.2) is 17.6 Å². The molecule has 3 nitrogen and oxygen atoms in total. The number of hydrogen-bond donors (Lipinski definition) is 1. The molecule has 1 aliphatic rings. The molecule has 0 saturated heterocycles. The number of ether oxygens (including phenoxy) is 1. The molecule has 1 aliphatic carbocycles. The Bertz CT molecular complexity index is 445. The van der Waals surface area contributed by atoms with Crippen molar-refractivity contribution in [3.63, 3.8) is 0 Å². The van der Waals surface area contributed by atoms with Crippen molar-refractivity contribution in [3.05, 3.63) is 23.5 Å². The summed E-state index contributed by atoms with van der Waals surface area (Å²) >= 11 is 0. The highest BCUT2D eigenvalue weighted by Gasteiger charge is 2.21. The minimum atomic E-state index is 0.374. The van der Waals surface area contributed by atoms with Crippen LogP contribution < -0.4 is 10.1 Å². The molecule has 0 aromatic carbocycles. The van der Waals surface area contributed by atoms with Crippen LogP contribution in [0.3, 0.4) is 0 Å². The van der Waals surface area contributed by atoms with Gasteiger partial charge in [-0.1, -0.05) is 27.2 Å². The van der Waals surface area contributed by atoms with E-state index >= 15 is 0 Å². The third kappa shape index (κ3) is 5.31. The second kappa shape index (κ2) is 7.79. The molecule has 1 heterocycles. The van der Waals surface area contributed by atoms with Gasteiger partial charge in [-0.05, 0) is 44.6 Å². The lowest BCUT2D eigenvalue weighted by molar-refractivity contribution is 0.127. The monoisotopic (exact) mass is 290 g/mol. The Balaban J connectivity index is 2.00. The fraction of sp³-hybridized carbons (Fsp3) is 0.722. The van der Waals surface area contributed by atoms with Crippen LogP contribution >= 0.6 is 0 Å². The Kier molecular flexibility index (Phi) is 6.04. The fourth-order valence-corrected chi connectivity index (χ4v) is 2.97. The van der Waals surface area contributed by atoms with Crippen LogP contribution in [0.25, 0.3) is 0 Å². The summed E-state index contributed by atoms with van der Waals surface area (Å²) in [7, 11) is 0.